The van der Waals surface area contributed by atoms with Gasteiger partial charge in [-0.3, -0.25) is 4.98 Å². The van der Waals surface area contributed by atoms with Gasteiger partial charge in [0.15, 0.2) is 11.6 Å². The van der Waals surface area contributed by atoms with E-state index in [0.29, 0.717) is 30.4 Å². The van der Waals surface area contributed by atoms with Crippen molar-refractivity contribution in [1.82, 2.24) is 4.98 Å². The first kappa shape index (κ1) is 14.8. The number of benzene rings is 1. The summed E-state index contributed by atoms with van der Waals surface area (Å²) in [5, 5.41) is 9.23. The third kappa shape index (κ3) is 3.54. The molecular weight excluding hydrogens is 285 g/mol. The average Bonchev–Trinajstić information content (AvgIpc) is 2.55. The van der Waals surface area contributed by atoms with Gasteiger partial charge in [-0.15, -0.1) is 0 Å². The maximum Gasteiger partial charge on any atom is 0.165 e. The molecule has 1 N–H and O–H groups in total. The third-order valence-corrected chi connectivity index (χ3v) is 3.70. The molecule has 22 heavy (non-hydrogen) atoms. The maximum absolute atomic E-state index is 14.1. The first-order valence-electron chi connectivity index (χ1n) is 7.38. The highest BCUT2D eigenvalue weighted by molar-refractivity contribution is 5.60. The lowest BCUT2D eigenvalue weighted by Gasteiger charge is -2.22. The zero-order chi connectivity index (χ0) is 15.4. The lowest BCUT2D eigenvalue weighted by molar-refractivity contribution is 0.0345. The van der Waals surface area contributed by atoms with Gasteiger partial charge < -0.3 is 14.6 Å². The molecule has 3 rings (SSSR count). The summed E-state index contributed by atoms with van der Waals surface area (Å²) in [5.41, 5.74) is 1.25. The number of pyridine rings is 1. The normalized spacial score (nSPS) is 18.1. The smallest absolute Gasteiger partial charge is 0.165 e. The lowest BCUT2D eigenvalue weighted by Crippen LogP contribution is -2.23. The Labute approximate surface area is 128 Å². The summed E-state index contributed by atoms with van der Waals surface area (Å²) in [7, 11) is 0. The van der Waals surface area contributed by atoms with Gasteiger partial charge in [0.2, 0.25) is 0 Å². The molecule has 2 aromatic rings. The SMILES string of the molecule is Oc1ccc(-c2ccc(OCC3CCCOC3)c(F)c2)nc1. The van der Waals surface area contributed by atoms with E-state index in [4.69, 9.17) is 9.47 Å². The van der Waals surface area contributed by atoms with E-state index >= 15 is 0 Å². The number of nitrogens with zero attached hydrogens (tertiary/aromatic N) is 1. The van der Waals surface area contributed by atoms with Gasteiger partial charge in [0.05, 0.1) is 25.1 Å². The summed E-state index contributed by atoms with van der Waals surface area (Å²) < 4.78 is 25.1. The van der Waals surface area contributed by atoms with Crippen LogP contribution in [0, 0.1) is 11.7 Å². The predicted molar refractivity (Wildman–Crippen MR) is 80.3 cm³/mol. The predicted octanol–water partition coefficient (Wildman–Crippen LogP) is 3.40. The second kappa shape index (κ2) is 6.75. The van der Waals surface area contributed by atoms with E-state index in [9.17, 15) is 9.50 Å². The Hall–Kier alpha value is -2.14. The van der Waals surface area contributed by atoms with Crippen LogP contribution in [0.1, 0.15) is 12.8 Å². The fraction of sp³-hybridized carbons (Fsp3) is 0.353. The topological polar surface area (TPSA) is 51.6 Å². The molecule has 0 saturated carbocycles. The highest BCUT2D eigenvalue weighted by atomic mass is 19.1. The van der Waals surface area contributed by atoms with Gasteiger partial charge in [0, 0.05) is 18.1 Å². The highest BCUT2D eigenvalue weighted by Crippen LogP contribution is 2.26. The summed E-state index contributed by atoms with van der Waals surface area (Å²) in [6.07, 6.45) is 3.42. The van der Waals surface area contributed by atoms with Crippen molar-refractivity contribution in [2.24, 2.45) is 5.92 Å². The minimum Gasteiger partial charge on any atom is -0.506 e. The van der Waals surface area contributed by atoms with E-state index in [2.05, 4.69) is 4.98 Å². The molecule has 1 saturated heterocycles. The first-order valence-corrected chi connectivity index (χ1v) is 7.38. The van der Waals surface area contributed by atoms with Crippen molar-refractivity contribution in [1.29, 1.82) is 0 Å². The summed E-state index contributed by atoms with van der Waals surface area (Å²) in [5.74, 6) is 0.239. The van der Waals surface area contributed by atoms with Crippen LogP contribution in [-0.2, 0) is 4.74 Å². The van der Waals surface area contributed by atoms with E-state index in [1.165, 1.54) is 18.3 Å². The summed E-state index contributed by atoms with van der Waals surface area (Å²) in [6, 6.07) is 7.93. The van der Waals surface area contributed by atoms with Gasteiger partial charge in [-0.1, -0.05) is 0 Å². The van der Waals surface area contributed by atoms with Crippen LogP contribution < -0.4 is 4.74 Å². The second-order valence-corrected chi connectivity index (χ2v) is 5.44. The zero-order valence-electron chi connectivity index (χ0n) is 12.2. The van der Waals surface area contributed by atoms with Crippen LogP contribution in [-0.4, -0.2) is 29.9 Å². The van der Waals surface area contributed by atoms with E-state index in [0.717, 1.165) is 19.4 Å². The molecule has 1 aromatic carbocycles. The van der Waals surface area contributed by atoms with Gasteiger partial charge in [-0.25, -0.2) is 4.39 Å². The van der Waals surface area contributed by atoms with Crippen LogP contribution in [0.5, 0.6) is 11.5 Å². The van der Waals surface area contributed by atoms with Crippen LogP contribution in [0.2, 0.25) is 0 Å². The Kier molecular flexibility index (Phi) is 4.53. The van der Waals surface area contributed by atoms with Gasteiger partial charge in [-0.05, 0) is 43.2 Å². The fourth-order valence-corrected chi connectivity index (χ4v) is 2.48. The number of ether oxygens (including phenoxy) is 2. The van der Waals surface area contributed by atoms with Crippen molar-refractivity contribution in [3.05, 3.63) is 42.3 Å². The molecule has 1 aliphatic rings. The molecule has 116 valence electrons. The Morgan fingerprint density at radius 3 is 2.91 bits per heavy atom. The molecule has 1 aromatic heterocycles. The van der Waals surface area contributed by atoms with Crippen LogP contribution in [0.15, 0.2) is 36.5 Å². The first-order chi connectivity index (χ1) is 10.7. The third-order valence-electron chi connectivity index (χ3n) is 3.70. The average molecular weight is 303 g/mol. The molecule has 1 unspecified atom stereocenters. The number of hydrogen-bond acceptors (Lipinski definition) is 4. The molecule has 4 nitrogen and oxygen atoms in total. The summed E-state index contributed by atoms with van der Waals surface area (Å²) in [4.78, 5) is 4.06. The van der Waals surface area contributed by atoms with Crippen molar-refractivity contribution in [2.45, 2.75) is 12.8 Å². The Morgan fingerprint density at radius 1 is 1.32 bits per heavy atom. The molecule has 0 spiro atoms. The number of aromatic nitrogens is 1. The molecule has 0 aliphatic carbocycles. The van der Waals surface area contributed by atoms with Crippen molar-refractivity contribution in [3.63, 3.8) is 0 Å². The van der Waals surface area contributed by atoms with Gasteiger partial charge in [0.1, 0.15) is 5.75 Å². The molecular formula is C17H18FNO3. The Balaban J connectivity index is 1.67. The van der Waals surface area contributed by atoms with E-state index in [1.807, 2.05) is 0 Å². The molecule has 0 bridgehead atoms. The minimum atomic E-state index is -0.413. The lowest BCUT2D eigenvalue weighted by atomic mass is 10.0. The monoisotopic (exact) mass is 303 g/mol. The Morgan fingerprint density at radius 2 is 2.23 bits per heavy atom. The van der Waals surface area contributed by atoms with E-state index in [-0.39, 0.29) is 11.5 Å². The largest absolute Gasteiger partial charge is 0.506 e. The number of rotatable bonds is 4. The molecule has 1 fully saturated rings. The molecule has 0 amide bonds. The summed E-state index contributed by atoms with van der Waals surface area (Å²) >= 11 is 0. The van der Waals surface area contributed by atoms with Gasteiger partial charge in [0.25, 0.3) is 0 Å². The van der Waals surface area contributed by atoms with Gasteiger partial charge >= 0.3 is 0 Å². The Bertz CT molecular complexity index is 624. The van der Waals surface area contributed by atoms with Crippen LogP contribution >= 0.6 is 0 Å². The van der Waals surface area contributed by atoms with Crippen molar-refractivity contribution >= 4 is 0 Å². The van der Waals surface area contributed by atoms with Crippen molar-refractivity contribution < 1.29 is 19.0 Å². The van der Waals surface area contributed by atoms with Crippen LogP contribution in [0.25, 0.3) is 11.3 Å². The second-order valence-electron chi connectivity index (χ2n) is 5.44. The van der Waals surface area contributed by atoms with Crippen LogP contribution in [0.4, 0.5) is 4.39 Å². The van der Waals surface area contributed by atoms with Crippen molar-refractivity contribution in [3.8, 4) is 22.8 Å². The maximum atomic E-state index is 14.1. The minimum absolute atomic E-state index is 0.0823. The summed E-state index contributed by atoms with van der Waals surface area (Å²) in [6.45, 7) is 1.95. The fourth-order valence-electron chi connectivity index (χ4n) is 2.48. The molecule has 1 atom stereocenters. The molecule has 1 aliphatic heterocycles. The van der Waals surface area contributed by atoms with E-state index in [1.54, 1.807) is 18.2 Å². The molecule has 2 heterocycles. The van der Waals surface area contributed by atoms with E-state index < -0.39 is 5.82 Å². The number of hydrogen-bond donors (Lipinski definition) is 1. The quantitative estimate of drug-likeness (QED) is 0.940. The number of halogens is 1. The highest BCUT2D eigenvalue weighted by Gasteiger charge is 2.15. The molecule has 0 radical (unpaired) electrons. The van der Waals surface area contributed by atoms with Crippen LogP contribution in [0.3, 0.4) is 0 Å². The molecule has 5 heteroatoms. The standard InChI is InChI=1S/C17H18FNO3/c18-15-8-13(16-5-4-14(20)9-19-16)3-6-17(15)22-11-12-2-1-7-21-10-12/h3-6,8-9,12,20H,1-2,7,10-11H2. The van der Waals surface area contributed by atoms with Gasteiger partial charge in [-0.2, -0.15) is 0 Å². The van der Waals surface area contributed by atoms with Crippen molar-refractivity contribution in [2.75, 3.05) is 19.8 Å². The zero-order valence-corrected chi connectivity index (χ0v) is 12.2. The number of aromatic hydroxyl groups is 1.